The Hall–Kier alpha value is -0.0600. The third-order valence-corrected chi connectivity index (χ3v) is 4.78. The standard InChI is InChI=1S/C16H25Br2NO/c1-6-20-15-13(17)7-12(8-14(15)18)10-19-9-11(2)16(3,4)5/h7-8,11,19H,6,9-10H2,1-5H3. The van der Waals surface area contributed by atoms with Gasteiger partial charge in [0.05, 0.1) is 15.6 Å². The fourth-order valence-electron chi connectivity index (χ4n) is 1.74. The summed E-state index contributed by atoms with van der Waals surface area (Å²) in [5, 5.41) is 3.53. The Morgan fingerprint density at radius 2 is 1.75 bits per heavy atom. The second kappa shape index (κ2) is 7.81. The molecule has 0 saturated heterocycles. The van der Waals surface area contributed by atoms with Crippen LogP contribution in [0.2, 0.25) is 0 Å². The van der Waals surface area contributed by atoms with Crippen LogP contribution in [0.15, 0.2) is 21.1 Å². The van der Waals surface area contributed by atoms with Gasteiger partial charge < -0.3 is 10.1 Å². The number of nitrogens with one attached hydrogen (secondary N) is 1. The maximum absolute atomic E-state index is 5.60. The fourth-order valence-corrected chi connectivity index (χ4v) is 3.25. The van der Waals surface area contributed by atoms with Gasteiger partial charge in [-0.2, -0.15) is 0 Å². The molecule has 0 saturated carbocycles. The van der Waals surface area contributed by atoms with Crippen molar-refractivity contribution in [1.82, 2.24) is 5.32 Å². The first-order valence-electron chi connectivity index (χ1n) is 7.07. The molecule has 114 valence electrons. The summed E-state index contributed by atoms with van der Waals surface area (Å²) in [7, 11) is 0. The zero-order valence-corrected chi connectivity index (χ0v) is 16.2. The van der Waals surface area contributed by atoms with Crippen molar-refractivity contribution >= 4 is 31.9 Å². The van der Waals surface area contributed by atoms with Gasteiger partial charge in [-0.3, -0.25) is 0 Å². The summed E-state index contributed by atoms with van der Waals surface area (Å²) in [6, 6.07) is 4.23. The van der Waals surface area contributed by atoms with Crippen LogP contribution >= 0.6 is 31.9 Å². The van der Waals surface area contributed by atoms with Crippen LogP contribution in [0.25, 0.3) is 0 Å². The monoisotopic (exact) mass is 405 g/mol. The van der Waals surface area contributed by atoms with Crippen LogP contribution in [0.1, 0.15) is 40.2 Å². The number of ether oxygens (including phenoxy) is 1. The molecular weight excluding hydrogens is 382 g/mol. The SMILES string of the molecule is CCOc1c(Br)cc(CNCC(C)C(C)(C)C)cc1Br. The van der Waals surface area contributed by atoms with Crippen molar-refractivity contribution in [2.45, 2.75) is 41.2 Å². The Morgan fingerprint density at radius 3 is 2.20 bits per heavy atom. The van der Waals surface area contributed by atoms with Crippen LogP contribution < -0.4 is 10.1 Å². The first-order chi connectivity index (χ1) is 9.25. The summed E-state index contributed by atoms with van der Waals surface area (Å²) in [6.45, 7) is 13.7. The molecule has 0 heterocycles. The maximum atomic E-state index is 5.60. The van der Waals surface area contributed by atoms with E-state index in [0.717, 1.165) is 27.8 Å². The summed E-state index contributed by atoms with van der Waals surface area (Å²) >= 11 is 7.14. The lowest BCUT2D eigenvalue weighted by Crippen LogP contribution is -2.29. The van der Waals surface area contributed by atoms with Crippen molar-refractivity contribution in [2.24, 2.45) is 11.3 Å². The molecule has 1 N–H and O–H groups in total. The first-order valence-corrected chi connectivity index (χ1v) is 8.65. The van der Waals surface area contributed by atoms with E-state index < -0.39 is 0 Å². The van der Waals surface area contributed by atoms with Crippen LogP contribution in [-0.2, 0) is 6.54 Å². The molecule has 4 heteroatoms. The Kier molecular flexibility index (Phi) is 7.02. The van der Waals surface area contributed by atoms with Crippen molar-refractivity contribution in [3.8, 4) is 5.75 Å². The second-order valence-corrected chi connectivity index (χ2v) is 7.93. The molecule has 1 unspecified atom stereocenters. The lowest BCUT2D eigenvalue weighted by molar-refractivity contribution is 0.252. The van der Waals surface area contributed by atoms with Gasteiger partial charge in [-0.25, -0.2) is 0 Å². The molecule has 0 fully saturated rings. The van der Waals surface area contributed by atoms with Gasteiger partial charge in [-0.05, 0) is 74.4 Å². The quantitative estimate of drug-likeness (QED) is 0.684. The molecule has 0 bridgehead atoms. The highest BCUT2D eigenvalue weighted by atomic mass is 79.9. The van der Waals surface area contributed by atoms with E-state index >= 15 is 0 Å². The highest BCUT2D eigenvalue weighted by Crippen LogP contribution is 2.34. The molecule has 0 aromatic heterocycles. The van der Waals surface area contributed by atoms with Crippen LogP contribution in [0.3, 0.4) is 0 Å². The Bertz CT molecular complexity index is 418. The molecule has 0 spiro atoms. The number of hydrogen-bond donors (Lipinski definition) is 1. The lowest BCUT2D eigenvalue weighted by atomic mass is 9.82. The zero-order chi connectivity index (χ0) is 15.3. The fraction of sp³-hybridized carbons (Fsp3) is 0.625. The third kappa shape index (κ3) is 5.38. The lowest BCUT2D eigenvalue weighted by Gasteiger charge is -2.27. The average Bonchev–Trinajstić information content (AvgIpc) is 2.32. The number of hydrogen-bond acceptors (Lipinski definition) is 2. The number of benzene rings is 1. The number of rotatable bonds is 6. The summed E-state index contributed by atoms with van der Waals surface area (Å²) in [4.78, 5) is 0. The van der Waals surface area contributed by atoms with Crippen molar-refractivity contribution in [2.75, 3.05) is 13.2 Å². The van der Waals surface area contributed by atoms with E-state index in [1.807, 2.05) is 6.92 Å². The van der Waals surface area contributed by atoms with Gasteiger partial charge in [0.15, 0.2) is 0 Å². The predicted molar refractivity (Wildman–Crippen MR) is 93.3 cm³/mol. The molecule has 0 aliphatic heterocycles. The minimum atomic E-state index is 0.340. The van der Waals surface area contributed by atoms with Gasteiger partial charge in [0.1, 0.15) is 5.75 Å². The van der Waals surface area contributed by atoms with Crippen molar-refractivity contribution < 1.29 is 4.74 Å². The van der Waals surface area contributed by atoms with Crippen molar-refractivity contribution in [3.63, 3.8) is 0 Å². The number of halogens is 2. The minimum Gasteiger partial charge on any atom is -0.492 e. The molecule has 0 aliphatic rings. The third-order valence-electron chi connectivity index (χ3n) is 3.60. The molecule has 2 nitrogen and oxygen atoms in total. The molecule has 0 aliphatic carbocycles. The smallest absolute Gasteiger partial charge is 0.147 e. The van der Waals surface area contributed by atoms with Gasteiger partial charge in [0, 0.05) is 6.54 Å². The highest BCUT2D eigenvalue weighted by Gasteiger charge is 2.19. The molecule has 0 radical (unpaired) electrons. The van der Waals surface area contributed by atoms with Gasteiger partial charge in [-0.1, -0.05) is 27.7 Å². The van der Waals surface area contributed by atoms with Gasteiger partial charge in [-0.15, -0.1) is 0 Å². The largest absolute Gasteiger partial charge is 0.492 e. The molecule has 1 aromatic carbocycles. The van der Waals surface area contributed by atoms with Crippen LogP contribution in [0.5, 0.6) is 5.75 Å². The molecule has 0 amide bonds. The first kappa shape index (κ1) is 18.0. The van der Waals surface area contributed by atoms with Crippen molar-refractivity contribution in [3.05, 3.63) is 26.6 Å². The van der Waals surface area contributed by atoms with E-state index in [1.165, 1.54) is 5.56 Å². The summed E-state index contributed by atoms with van der Waals surface area (Å²) < 4.78 is 7.59. The summed E-state index contributed by atoms with van der Waals surface area (Å²) in [5.41, 5.74) is 1.58. The van der Waals surface area contributed by atoms with E-state index in [1.54, 1.807) is 0 Å². The molecule has 1 aromatic rings. The van der Waals surface area contributed by atoms with Crippen LogP contribution in [0.4, 0.5) is 0 Å². The van der Waals surface area contributed by atoms with Crippen molar-refractivity contribution in [1.29, 1.82) is 0 Å². The van der Waals surface area contributed by atoms with E-state index in [0.29, 0.717) is 17.9 Å². The second-order valence-electron chi connectivity index (χ2n) is 6.22. The van der Waals surface area contributed by atoms with E-state index in [9.17, 15) is 0 Å². The normalized spacial score (nSPS) is 13.3. The molecule has 1 atom stereocenters. The van der Waals surface area contributed by atoms with Crippen LogP contribution in [0, 0.1) is 11.3 Å². The topological polar surface area (TPSA) is 21.3 Å². The Labute approximate surface area is 139 Å². The van der Waals surface area contributed by atoms with Gasteiger partial charge in [0.25, 0.3) is 0 Å². The van der Waals surface area contributed by atoms with Gasteiger partial charge in [0.2, 0.25) is 0 Å². The summed E-state index contributed by atoms with van der Waals surface area (Å²) in [6.07, 6.45) is 0. The average molecular weight is 407 g/mol. The zero-order valence-electron chi connectivity index (χ0n) is 13.0. The van der Waals surface area contributed by atoms with Crippen LogP contribution in [-0.4, -0.2) is 13.2 Å². The Morgan fingerprint density at radius 1 is 1.20 bits per heavy atom. The maximum Gasteiger partial charge on any atom is 0.147 e. The van der Waals surface area contributed by atoms with E-state index in [2.05, 4.69) is 77.0 Å². The summed E-state index contributed by atoms with van der Waals surface area (Å²) in [5.74, 6) is 1.51. The predicted octanol–water partition coefficient (Wildman–Crippen LogP) is 5.38. The Balaban J connectivity index is 2.62. The van der Waals surface area contributed by atoms with E-state index in [4.69, 9.17) is 4.74 Å². The molecule has 20 heavy (non-hydrogen) atoms. The molecule has 1 rings (SSSR count). The minimum absolute atomic E-state index is 0.340. The molecular formula is C16H25Br2NO. The highest BCUT2D eigenvalue weighted by molar-refractivity contribution is 9.11. The van der Waals surface area contributed by atoms with Gasteiger partial charge >= 0.3 is 0 Å². The van der Waals surface area contributed by atoms with E-state index in [-0.39, 0.29) is 0 Å².